The first-order chi connectivity index (χ1) is 15.3. The van der Waals surface area contributed by atoms with Crippen molar-refractivity contribution in [3.8, 4) is 0 Å². The summed E-state index contributed by atoms with van der Waals surface area (Å²) in [6.07, 6.45) is -2.22. The molecule has 0 radical (unpaired) electrons. The normalized spacial score (nSPS) is 19.3. The Labute approximate surface area is 186 Å². The third-order valence-corrected chi connectivity index (χ3v) is 6.49. The molecule has 1 aliphatic rings. The largest absolute Gasteiger partial charge is 0.423 e. The monoisotopic (exact) mass is 467 g/mol. The number of hydrogen-bond acceptors (Lipinski definition) is 8. The van der Waals surface area contributed by atoms with Crippen molar-refractivity contribution in [3.63, 3.8) is 0 Å². The number of aliphatic hydroxyl groups is 2. The molecule has 4 rings (SSSR count). The number of nitrogens with one attached hydrogen (secondary N) is 2. The van der Waals surface area contributed by atoms with E-state index in [2.05, 4.69) is 20.6 Å². The van der Waals surface area contributed by atoms with E-state index < -0.39 is 24.5 Å². The van der Waals surface area contributed by atoms with Gasteiger partial charge < -0.3 is 24.8 Å². The highest BCUT2D eigenvalue weighted by atomic mass is 32.1. The van der Waals surface area contributed by atoms with Gasteiger partial charge in [-0.1, -0.05) is 11.3 Å². The number of carbonyl (C=O) groups excluding carboxylic acids is 1. The zero-order chi connectivity index (χ0) is 23.0. The van der Waals surface area contributed by atoms with Gasteiger partial charge in [0.1, 0.15) is 5.52 Å². The number of carbonyl (C=O) groups is 1. The fraction of sp³-hybridized carbons (Fsp3) is 0.450. The molecular weight excluding hydrogens is 444 g/mol. The number of fused-ring (bicyclic) bond motifs is 2. The lowest BCUT2D eigenvalue weighted by Crippen LogP contribution is -2.45. The molecule has 0 aliphatic carbocycles. The Kier molecular flexibility index (Phi) is 6.26. The number of thiazole rings is 1. The predicted octanol–water partition coefficient (Wildman–Crippen LogP) is 3.21. The number of halogens is 2. The highest BCUT2D eigenvalue weighted by molar-refractivity contribution is 7.16. The molecule has 0 bridgehead atoms. The van der Waals surface area contributed by atoms with Gasteiger partial charge in [-0.15, -0.1) is 0 Å². The molecule has 0 saturated carbocycles. The number of anilines is 2. The third-order valence-electron chi connectivity index (χ3n) is 5.30. The summed E-state index contributed by atoms with van der Waals surface area (Å²) in [5.41, 5.74) is 1.30. The van der Waals surface area contributed by atoms with Gasteiger partial charge in [0.25, 0.3) is 12.4 Å². The van der Waals surface area contributed by atoms with Gasteiger partial charge in [-0.25, -0.2) is 18.6 Å². The second kappa shape index (κ2) is 8.96. The quantitative estimate of drug-likeness (QED) is 0.439. The molecule has 1 aromatic carbocycles. The summed E-state index contributed by atoms with van der Waals surface area (Å²) in [6, 6.07) is 2.72. The minimum atomic E-state index is -2.61. The minimum absolute atomic E-state index is 0.142. The molecule has 12 heteroatoms. The number of alkyl halides is 2. The van der Waals surface area contributed by atoms with Gasteiger partial charge in [0.2, 0.25) is 0 Å². The van der Waals surface area contributed by atoms with Crippen molar-refractivity contribution in [2.45, 2.75) is 44.8 Å². The van der Waals surface area contributed by atoms with Crippen LogP contribution in [0.2, 0.25) is 0 Å². The van der Waals surface area contributed by atoms with Crippen LogP contribution in [0, 0.1) is 0 Å². The number of aliphatic hydroxyl groups excluding tert-OH is 2. The summed E-state index contributed by atoms with van der Waals surface area (Å²) in [7, 11) is 0. The molecule has 0 saturated heterocycles. The molecule has 2 amide bonds. The minimum Gasteiger partial charge on any atom is -0.423 e. The van der Waals surface area contributed by atoms with Crippen LogP contribution < -0.4 is 15.5 Å². The molecule has 9 nitrogen and oxygen atoms in total. The van der Waals surface area contributed by atoms with Crippen molar-refractivity contribution < 1.29 is 28.2 Å². The molecule has 0 fully saturated rings. The van der Waals surface area contributed by atoms with Crippen LogP contribution in [0.25, 0.3) is 11.1 Å². The summed E-state index contributed by atoms with van der Waals surface area (Å²) < 4.78 is 31.9. The third kappa shape index (κ3) is 4.25. The van der Waals surface area contributed by atoms with Gasteiger partial charge in [-0.3, -0.25) is 5.32 Å². The van der Waals surface area contributed by atoms with E-state index in [1.54, 1.807) is 11.8 Å². The van der Waals surface area contributed by atoms with Crippen molar-refractivity contribution in [2.75, 3.05) is 23.4 Å². The van der Waals surface area contributed by atoms with E-state index in [1.165, 1.54) is 29.5 Å². The van der Waals surface area contributed by atoms with Crippen LogP contribution in [0.5, 0.6) is 0 Å². The van der Waals surface area contributed by atoms with E-state index in [-0.39, 0.29) is 30.8 Å². The molecule has 172 valence electrons. The molecule has 3 atom stereocenters. The van der Waals surface area contributed by atoms with Crippen molar-refractivity contribution in [2.24, 2.45) is 0 Å². The number of aromatic nitrogens is 2. The molecule has 4 N–H and O–H groups in total. The van der Waals surface area contributed by atoms with Crippen LogP contribution in [0.1, 0.15) is 42.4 Å². The molecule has 3 heterocycles. The topological polar surface area (TPSA) is 124 Å². The predicted molar refractivity (Wildman–Crippen MR) is 115 cm³/mol. The Morgan fingerprint density at radius 1 is 1.38 bits per heavy atom. The number of benzene rings is 1. The first-order valence-corrected chi connectivity index (χ1v) is 10.9. The first-order valence-electron chi connectivity index (χ1n) is 10.1. The highest BCUT2D eigenvalue weighted by Gasteiger charge is 2.37. The smallest absolute Gasteiger partial charge is 0.321 e. The maximum atomic E-state index is 13.0. The van der Waals surface area contributed by atoms with Gasteiger partial charge in [0.05, 0.1) is 41.9 Å². The van der Waals surface area contributed by atoms with Gasteiger partial charge in [-0.05, 0) is 32.0 Å². The maximum Gasteiger partial charge on any atom is 0.321 e. The Morgan fingerprint density at radius 3 is 2.84 bits per heavy atom. The van der Waals surface area contributed by atoms with E-state index in [0.717, 1.165) is 10.6 Å². The molecule has 1 aliphatic heterocycles. The van der Waals surface area contributed by atoms with Crippen LogP contribution >= 0.6 is 11.3 Å². The lowest BCUT2D eigenvalue weighted by atomic mass is 10.00. The maximum absolute atomic E-state index is 13.0. The van der Waals surface area contributed by atoms with Crippen LogP contribution in [0.4, 0.5) is 24.7 Å². The standard InChI is InChI=1S/C20H23F2N5O4S/c1-9(7-28)23-18(30)26-19-24-14-6-12(8-29)27(10(2)16(14)32-19)20-25-13-5-11(17(21)22)3-4-15(13)31-20/h3-5,9-10,12,17,28-29H,6-8H2,1-2H3,(H2,23,24,26,30)/t9-,10+,12+/m1/s1. The van der Waals surface area contributed by atoms with E-state index in [1.807, 2.05) is 6.92 Å². The van der Waals surface area contributed by atoms with Crippen LogP contribution in [-0.2, 0) is 6.42 Å². The van der Waals surface area contributed by atoms with Crippen LogP contribution in [-0.4, -0.2) is 51.5 Å². The number of nitrogens with zero attached hydrogens (tertiary/aromatic N) is 3. The van der Waals surface area contributed by atoms with Crippen molar-refractivity contribution in [1.82, 2.24) is 15.3 Å². The van der Waals surface area contributed by atoms with E-state index in [0.29, 0.717) is 22.7 Å². The second-order valence-electron chi connectivity index (χ2n) is 7.66. The van der Waals surface area contributed by atoms with Crippen molar-refractivity contribution in [3.05, 3.63) is 34.3 Å². The van der Waals surface area contributed by atoms with E-state index in [4.69, 9.17) is 9.52 Å². The van der Waals surface area contributed by atoms with Crippen LogP contribution in [0.3, 0.4) is 0 Å². The molecule has 3 aromatic rings. The highest BCUT2D eigenvalue weighted by Crippen LogP contribution is 2.41. The zero-order valence-electron chi connectivity index (χ0n) is 17.4. The summed E-state index contributed by atoms with van der Waals surface area (Å²) in [5.74, 6) is 0. The number of rotatable bonds is 6. The van der Waals surface area contributed by atoms with Gasteiger partial charge >= 0.3 is 6.03 Å². The SMILES string of the molecule is C[C@H](CO)NC(=O)Nc1nc2c(s1)[C@H](C)N(c1nc3cc(C(F)F)ccc3o1)[C@H](CO)C2. The second-order valence-corrected chi connectivity index (χ2v) is 8.69. The molecule has 32 heavy (non-hydrogen) atoms. The zero-order valence-corrected chi connectivity index (χ0v) is 18.2. The van der Waals surface area contributed by atoms with Gasteiger partial charge in [-0.2, -0.15) is 4.98 Å². The lowest BCUT2D eigenvalue weighted by molar-refractivity contribution is 0.151. The van der Waals surface area contributed by atoms with Gasteiger partial charge in [0, 0.05) is 12.0 Å². The fourth-order valence-corrected chi connectivity index (χ4v) is 4.75. The molecule has 2 aromatic heterocycles. The summed E-state index contributed by atoms with van der Waals surface area (Å²) in [6.45, 7) is 3.19. The van der Waals surface area contributed by atoms with Crippen molar-refractivity contribution in [1.29, 1.82) is 0 Å². The Hall–Kier alpha value is -2.83. The molecular formula is C20H23F2N5O4S. The van der Waals surface area contributed by atoms with E-state index >= 15 is 0 Å². The Morgan fingerprint density at radius 2 is 2.16 bits per heavy atom. The Balaban J connectivity index is 1.61. The first kappa shape index (κ1) is 22.4. The molecule has 0 unspecified atom stereocenters. The Bertz CT molecular complexity index is 1120. The fourth-order valence-electron chi connectivity index (χ4n) is 3.71. The number of urea groups is 1. The average molecular weight is 467 g/mol. The number of hydrogen-bond donors (Lipinski definition) is 4. The van der Waals surface area contributed by atoms with Crippen molar-refractivity contribution >= 4 is 39.6 Å². The number of amides is 2. The summed E-state index contributed by atoms with van der Waals surface area (Å²) in [5, 5.41) is 24.7. The average Bonchev–Trinajstić information content (AvgIpc) is 3.36. The number of oxazole rings is 1. The van der Waals surface area contributed by atoms with Gasteiger partial charge in [0.15, 0.2) is 10.7 Å². The van der Waals surface area contributed by atoms with Crippen LogP contribution in [0.15, 0.2) is 22.6 Å². The lowest BCUT2D eigenvalue weighted by Gasteiger charge is -2.37. The summed E-state index contributed by atoms with van der Waals surface area (Å²) in [4.78, 5) is 23.6. The van der Waals surface area contributed by atoms with E-state index in [9.17, 15) is 18.7 Å². The molecule has 0 spiro atoms. The summed E-state index contributed by atoms with van der Waals surface area (Å²) >= 11 is 1.29.